The van der Waals surface area contributed by atoms with Gasteiger partial charge in [0.15, 0.2) is 0 Å². The predicted molar refractivity (Wildman–Crippen MR) is 45.4 cm³/mol. The van der Waals surface area contributed by atoms with E-state index in [1.807, 2.05) is 34.6 Å². The first-order chi connectivity index (χ1) is 5.37. The fraction of sp³-hybridized carbons (Fsp3) is 0.889. The van der Waals surface area contributed by atoms with Crippen molar-refractivity contribution in [3.8, 4) is 0 Å². The van der Waals surface area contributed by atoms with Crippen LogP contribution >= 0.6 is 0 Å². The SMILES string of the molecule is [2H]OC(=O)C(C)(C(C)C)C(C)C. The fourth-order valence-electron chi connectivity index (χ4n) is 1.14. The average molecular weight is 159 g/mol. The van der Waals surface area contributed by atoms with E-state index in [9.17, 15) is 4.79 Å². The van der Waals surface area contributed by atoms with Gasteiger partial charge in [-0.15, -0.1) is 0 Å². The number of hydrogen-bond acceptors (Lipinski definition) is 2. The summed E-state index contributed by atoms with van der Waals surface area (Å²) in [7, 11) is 0. The highest BCUT2D eigenvalue weighted by Crippen LogP contribution is 2.35. The number of carbonyl (C=O) groups is 1. The van der Waals surface area contributed by atoms with E-state index in [0.717, 1.165) is 0 Å². The van der Waals surface area contributed by atoms with Crippen molar-refractivity contribution in [1.29, 1.82) is 1.43 Å². The molecule has 0 rings (SSSR count). The lowest BCUT2D eigenvalue weighted by molar-refractivity contribution is -0.153. The summed E-state index contributed by atoms with van der Waals surface area (Å²) in [4.78, 5) is 11.3. The molecule has 2 heteroatoms. The molecule has 0 aliphatic rings. The quantitative estimate of drug-likeness (QED) is 0.686. The van der Waals surface area contributed by atoms with Crippen LogP contribution < -0.4 is 0 Å². The van der Waals surface area contributed by atoms with Crippen molar-refractivity contribution < 1.29 is 9.90 Å². The molecule has 0 spiro atoms. The Labute approximate surface area is 70.1 Å². The highest BCUT2D eigenvalue weighted by molar-refractivity contribution is 5.74. The van der Waals surface area contributed by atoms with Gasteiger partial charge < -0.3 is 5.11 Å². The number of rotatable bonds is 3. The first-order valence-corrected chi connectivity index (χ1v) is 4.04. The molecule has 0 radical (unpaired) electrons. The summed E-state index contributed by atoms with van der Waals surface area (Å²) in [6.45, 7) is 9.72. The van der Waals surface area contributed by atoms with E-state index in [1.165, 1.54) is 0 Å². The van der Waals surface area contributed by atoms with E-state index in [2.05, 4.69) is 5.11 Å². The zero-order chi connectivity index (χ0) is 9.94. The Morgan fingerprint density at radius 2 is 1.73 bits per heavy atom. The number of hydrogen-bond donors (Lipinski definition) is 1. The Kier molecular flexibility index (Phi) is 2.53. The van der Waals surface area contributed by atoms with E-state index in [-0.39, 0.29) is 11.8 Å². The third-order valence-corrected chi connectivity index (χ3v) is 2.84. The number of carboxylic acid groups (broad SMARTS) is 1. The summed E-state index contributed by atoms with van der Waals surface area (Å²) in [5.74, 6) is -0.0572. The maximum atomic E-state index is 11.3. The van der Waals surface area contributed by atoms with Crippen LogP contribution in [0.5, 0.6) is 0 Å². The molecule has 0 saturated heterocycles. The van der Waals surface area contributed by atoms with Crippen molar-refractivity contribution in [2.45, 2.75) is 34.6 Å². The van der Waals surface area contributed by atoms with Crippen molar-refractivity contribution in [2.75, 3.05) is 0 Å². The van der Waals surface area contributed by atoms with Crippen LogP contribution in [-0.2, 0) is 4.79 Å². The highest BCUT2D eigenvalue weighted by atomic mass is 16.4. The van der Waals surface area contributed by atoms with Crippen LogP contribution in [0.1, 0.15) is 34.6 Å². The molecule has 0 aliphatic heterocycles. The first-order valence-electron chi connectivity index (χ1n) is 4.45. The van der Waals surface area contributed by atoms with E-state index in [4.69, 9.17) is 1.43 Å². The second kappa shape index (κ2) is 3.24. The molecule has 0 aliphatic carbocycles. The van der Waals surface area contributed by atoms with Crippen LogP contribution in [0, 0.1) is 17.3 Å². The average Bonchev–Trinajstić information content (AvgIpc) is 2.00. The lowest BCUT2D eigenvalue weighted by Gasteiger charge is -2.32. The van der Waals surface area contributed by atoms with Gasteiger partial charge in [-0.3, -0.25) is 4.79 Å². The summed E-state index contributed by atoms with van der Waals surface area (Å²) < 4.78 is 6.60. The second-order valence-electron chi connectivity index (χ2n) is 3.88. The van der Waals surface area contributed by atoms with E-state index >= 15 is 0 Å². The monoisotopic (exact) mass is 159 g/mol. The molecular formula is C9H18O2. The maximum Gasteiger partial charge on any atom is 0.309 e. The van der Waals surface area contributed by atoms with Crippen molar-refractivity contribution >= 4 is 5.97 Å². The summed E-state index contributed by atoms with van der Waals surface area (Å²) in [5.41, 5.74) is -0.540. The van der Waals surface area contributed by atoms with Gasteiger partial charge in [-0.25, -0.2) is 0 Å². The molecule has 0 saturated carbocycles. The van der Waals surface area contributed by atoms with Gasteiger partial charge in [-0.05, 0) is 18.8 Å². The van der Waals surface area contributed by atoms with Crippen molar-refractivity contribution in [2.24, 2.45) is 17.3 Å². The van der Waals surface area contributed by atoms with Crippen LogP contribution in [0.2, 0.25) is 0 Å². The Morgan fingerprint density at radius 1 is 1.36 bits per heavy atom. The standard InChI is InChI=1S/C9H18O2/c1-6(2)9(5,7(3)4)8(10)11/h6-7H,1-5H3,(H,10,11)/i/hD. The third kappa shape index (κ3) is 1.73. The molecule has 0 bridgehead atoms. The van der Waals surface area contributed by atoms with Crippen molar-refractivity contribution in [3.05, 3.63) is 0 Å². The number of carboxylic acids is 1. The normalized spacial score (nSPS) is 13.5. The molecule has 1 N–H and O–H groups in total. The van der Waals surface area contributed by atoms with Crippen LogP contribution in [0.4, 0.5) is 0 Å². The number of aliphatic carboxylic acids is 1. The first kappa shape index (κ1) is 8.57. The summed E-state index contributed by atoms with van der Waals surface area (Å²) in [5, 5.41) is 4.05. The van der Waals surface area contributed by atoms with Gasteiger partial charge in [0.25, 0.3) is 1.43 Å². The lowest BCUT2D eigenvalue weighted by Crippen LogP contribution is -2.38. The molecule has 2 nitrogen and oxygen atoms in total. The molecule has 0 heterocycles. The topological polar surface area (TPSA) is 37.3 Å². The minimum atomic E-state index is -0.540. The summed E-state index contributed by atoms with van der Waals surface area (Å²) in [6.07, 6.45) is 0. The Bertz CT molecular complexity index is 156. The van der Waals surface area contributed by atoms with Crippen LogP contribution in [0.15, 0.2) is 0 Å². The minimum absolute atomic E-state index is 0.190. The largest absolute Gasteiger partial charge is 0.481 e. The molecule has 0 aromatic heterocycles. The zero-order valence-electron chi connectivity index (χ0n) is 8.97. The molecule has 0 atom stereocenters. The van der Waals surface area contributed by atoms with Crippen molar-refractivity contribution in [3.63, 3.8) is 0 Å². The Morgan fingerprint density at radius 3 is 1.82 bits per heavy atom. The van der Waals surface area contributed by atoms with Gasteiger partial charge in [0.05, 0.1) is 5.41 Å². The van der Waals surface area contributed by atoms with Gasteiger partial charge in [0.2, 0.25) is 0 Å². The smallest absolute Gasteiger partial charge is 0.309 e. The molecule has 0 amide bonds. The maximum absolute atomic E-state index is 11.3. The molecule has 66 valence electrons. The van der Waals surface area contributed by atoms with Gasteiger partial charge in [-0.2, -0.15) is 0 Å². The van der Waals surface area contributed by atoms with Gasteiger partial charge >= 0.3 is 5.97 Å². The van der Waals surface area contributed by atoms with Gasteiger partial charge in [0, 0.05) is 0 Å². The van der Waals surface area contributed by atoms with E-state index in [0.29, 0.717) is 0 Å². The van der Waals surface area contributed by atoms with Crippen molar-refractivity contribution in [1.82, 2.24) is 0 Å². The Balaban J connectivity index is 4.74. The fourth-order valence-corrected chi connectivity index (χ4v) is 1.14. The highest BCUT2D eigenvalue weighted by Gasteiger charge is 2.39. The zero-order valence-corrected chi connectivity index (χ0v) is 7.97. The van der Waals surface area contributed by atoms with E-state index in [1.54, 1.807) is 0 Å². The van der Waals surface area contributed by atoms with Gasteiger partial charge in [0.1, 0.15) is 0 Å². The van der Waals surface area contributed by atoms with E-state index < -0.39 is 11.4 Å². The lowest BCUT2D eigenvalue weighted by atomic mass is 9.71. The molecule has 11 heavy (non-hydrogen) atoms. The summed E-state index contributed by atoms with van der Waals surface area (Å²) in [6, 6.07) is 0. The van der Waals surface area contributed by atoms with Crippen LogP contribution in [-0.4, -0.2) is 11.1 Å². The summed E-state index contributed by atoms with van der Waals surface area (Å²) >= 11 is 0. The molecule has 0 aromatic carbocycles. The second-order valence-corrected chi connectivity index (χ2v) is 3.88. The third-order valence-electron chi connectivity index (χ3n) is 2.84. The molecule has 0 fully saturated rings. The molecule has 0 unspecified atom stereocenters. The Hall–Kier alpha value is -0.530. The van der Waals surface area contributed by atoms with Gasteiger partial charge in [-0.1, -0.05) is 27.7 Å². The molecule has 0 aromatic rings. The predicted octanol–water partition coefficient (Wildman–Crippen LogP) is 2.39. The van der Waals surface area contributed by atoms with Crippen LogP contribution in [0.3, 0.4) is 0 Å². The minimum Gasteiger partial charge on any atom is -0.481 e. The molecular weight excluding hydrogens is 140 g/mol. The van der Waals surface area contributed by atoms with Crippen LogP contribution in [0.25, 0.3) is 1.43 Å².